The Balaban J connectivity index is 2.03. The molecule has 15 heavy (non-hydrogen) atoms. The molecular formula is C13H18IN. The quantitative estimate of drug-likeness (QED) is 0.841. The Morgan fingerprint density at radius 2 is 1.93 bits per heavy atom. The van der Waals surface area contributed by atoms with E-state index in [1.165, 1.54) is 22.0 Å². The maximum absolute atomic E-state index is 3.47. The highest BCUT2D eigenvalue weighted by Crippen LogP contribution is 2.48. The maximum atomic E-state index is 3.47. The van der Waals surface area contributed by atoms with Crippen molar-refractivity contribution in [3.05, 3.63) is 33.4 Å². The first-order chi connectivity index (χ1) is 7.14. The molecule has 2 heteroatoms. The summed E-state index contributed by atoms with van der Waals surface area (Å²) in [7, 11) is 2.08. The van der Waals surface area contributed by atoms with Crippen molar-refractivity contribution >= 4 is 22.6 Å². The van der Waals surface area contributed by atoms with E-state index >= 15 is 0 Å². The summed E-state index contributed by atoms with van der Waals surface area (Å²) in [5.74, 6) is 0. The summed E-state index contributed by atoms with van der Waals surface area (Å²) in [6, 6.07) is 9.52. The van der Waals surface area contributed by atoms with E-state index < -0.39 is 0 Å². The lowest BCUT2D eigenvalue weighted by atomic mass is 9.92. The molecule has 0 heterocycles. The lowest BCUT2D eigenvalue weighted by Gasteiger charge is -2.23. The summed E-state index contributed by atoms with van der Waals surface area (Å²) < 4.78 is 1.31. The van der Waals surface area contributed by atoms with Crippen molar-refractivity contribution in [1.82, 2.24) is 5.32 Å². The number of hydrogen-bond donors (Lipinski definition) is 1. The molecule has 0 saturated heterocycles. The smallest absolute Gasteiger partial charge is 0.0158 e. The average molecular weight is 315 g/mol. The number of benzene rings is 1. The Bertz CT molecular complexity index is 327. The fourth-order valence-corrected chi connectivity index (χ4v) is 2.46. The standard InChI is InChI=1S/C13H18IN/c1-13(7-8-13)12(15-2)9-10-3-5-11(14)6-4-10/h3-6,12,15H,7-9H2,1-2H3. The third kappa shape index (κ3) is 2.72. The average Bonchev–Trinajstić information content (AvgIpc) is 2.96. The fraction of sp³-hybridized carbons (Fsp3) is 0.538. The normalized spacial score (nSPS) is 19.9. The molecule has 1 unspecified atom stereocenters. The first kappa shape index (κ1) is 11.4. The van der Waals surface area contributed by atoms with Gasteiger partial charge in [0.1, 0.15) is 0 Å². The van der Waals surface area contributed by atoms with Gasteiger partial charge in [-0.05, 0) is 72.0 Å². The molecule has 82 valence electrons. The van der Waals surface area contributed by atoms with Crippen LogP contribution in [0.3, 0.4) is 0 Å². The molecule has 1 saturated carbocycles. The molecular weight excluding hydrogens is 297 g/mol. The van der Waals surface area contributed by atoms with E-state index in [0.717, 1.165) is 6.42 Å². The molecule has 1 aromatic rings. The third-order valence-corrected chi connectivity index (χ3v) is 4.30. The van der Waals surface area contributed by atoms with Crippen molar-refractivity contribution in [3.8, 4) is 0 Å². The second-order valence-corrected chi connectivity index (χ2v) is 6.07. The lowest BCUT2D eigenvalue weighted by Crippen LogP contribution is -2.35. The Labute approximate surface area is 106 Å². The van der Waals surface area contributed by atoms with E-state index in [9.17, 15) is 0 Å². The van der Waals surface area contributed by atoms with E-state index in [0.29, 0.717) is 11.5 Å². The SMILES string of the molecule is CNC(Cc1ccc(I)cc1)C1(C)CC1. The minimum Gasteiger partial charge on any atom is -0.316 e. The summed E-state index contributed by atoms with van der Waals surface area (Å²) >= 11 is 2.35. The van der Waals surface area contributed by atoms with Gasteiger partial charge in [0.25, 0.3) is 0 Å². The number of nitrogens with one attached hydrogen (secondary N) is 1. The predicted octanol–water partition coefficient (Wildman–Crippen LogP) is 3.22. The topological polar surface area (TPSA) is 12.0 Å². The van der Waals surface area contributed by atoms with Crippen LogP contribution in [-0.4, -0.2) is 13.1 Å². The van der Waals surface area contributed by atoms with Gasteiger partial charge in [0.15, 0.2) is 0 Å². The van der Waals surface area contributed by atoms with Crippen molar-refractivity contribution in [2.75, 3.05) is 7.05 Å². The minimum atomic E-state index is 0.553. The molecule has 0 aliphatic heterocycles. The van der Waals surface area contributed by atoms with Crippen molar-refractivity contribution < 1.29 is 0 Å². The van der Waals surface area contributed by atoms with Gasteiger partial charge in [0.05, 0.1) is 0 Å². The highest BCUT2D eigenvalue weighted by atomic mass is 127. The summed E-state index contributed by atoms with van der Waals surface area (Å²) in [5, 5.41) is 3.47. The van der Waals surface area contributed by atoms with Gasteiger partial charge in [-0.25, -0.2) is 0 Å². The molecule has 0 aromatic heterocycles. The second-order valence-electron chi connectivity index (χ2n) is 4.83. The lowest BCUT2D eigenvalue weighted by molar-refractivity contribution is 0.376. The summed E-state index contributed by atoms with van der Waals surface area (Å²) in [6.45, 7) is 2.39. The van der Waals surface area contributed by atoms with Crippen LogP contribution in [-0.2, 0) is 6.42 Å². The zero-order valence-corrected chi connectivity index (χ0v) is 11.5. The monoisotopic (exact) mass is 315 g/mol. The van der Waals surface area contributed by atoms with E-state index in [-0.39, 0.29) is 0 Å². The van der Waals surface area contributed by atoms with Crippen molar-refractivity contribution in [1.29, 1.82) is 0 Å². The maximum Gasteiger partial charge on any atom is 0.0158 e. The van der Waals surface area contributed by atoms with Crippen LogP contribution in [0.25, 0.3) is 0 Å². The highest BCUT2D eigenvalue weighted by Gasteiger charge is 2.43. The largest absolute Gasteiger partial charge is 0.316 e. The van der Waals surface area contributed by atoms with Crippen LogP contribution in [0.2, 0.25) is 0 Å². The summed E-state index contributed by atoms with van der Waals surface area (Å²) in [6.07, 6.45) is 3.91. The van der Waals surface area contributed by atoms with Gasteiger partial charge in [-0.2, -0.15) is 0 Å². The first-order valence-electron chi connectivity index (χ1n) is 5.56. The van der Waals surface area contributed by atoms with E-state index in [1.54, 1.807) is 0 Å². The minimum absolute atomic E-state index is 0.553. The number of hydrogen-bond acceptors (Lipinski definition) is 1. The van der Waals surface area contributed by atoms with Crippen LogP contribution in [0.5, 0.6) is 0 Å². The van der Waals surface area contributed by atoms with Crippen LogP contribution in [0.1, 0.15) is 25.3 Å². The van der Waals surface area contributed by atoms with Crippen LogP contribution in [0.15, 0.2) is 24.3 Å². The van der Waals surface area contributed by atoms with Gasteiger partial charge in [-0.1, -0.05) is 19.1 Å². The molecule has 0 spiro atoms. The summed E-state index contributed by atoms with van der Waals surface area (Å²) in [4.78, 5) is 0. The number of rotatable bonds is 4. The van der Waals surface area contributed by atoms with Crippen LogP contribution >= 0.6 is 22.6 Å². The molecule has 1 aromatic carbocycles. The molecule has 0 amide bonds. The Morgan fingerprint density at radius 1 is 1.33 bits per heavy atom. The first-order valence-corrected chi connectivity index (χ1v) is 6.64. The molecule has 1 nitrogen and oxygen atoms in total. The molecule has 0 bridgehead atoms. The Morgan fingerprint density at radius 3 is 2.40 bits per heavy atom. The Hall–Kier alpha value is -0.0900. The van der Waals surface area contributed by atoms with Gasteiger partial charge in [0.2, 0.25) is 0 Å². The molecule has 1 atom stereocenters. The van der Waals surface area contributed by atoms with E-state index in [4.69, 9.17) is 0 Å². The zero-order chi connectivity index (χ0) is 10.9. The highest BCUT2D eigenvalue weighted by molar-refractivity contribution is 14.1. The molecule has 1 fully saturated rings. The van der Waals surface area contributed by atoms with Gasteiger partial charge < -0.3 is 5.32 Å². The van der Waals surface area contributed by atoms with Gasteiger partial charge in [-0.3, -0.25) is 0 Å². The summed E-state index contributed by atoms with van der Waals surface area (Å²) in [5.41, 5.74) is 2.00. The third-order valence-electron chi connectivity index (χ3n) is 3.58. The number of halogens is 1. The molecule has 2 rings (SSSR count). The predicted molar refractivity (Wildman–Crippen MR) is 73.1 cm³/mol. The van der Waals surface area contributed by atoms with E-state index in [2.05, 4.69) is 66.1 Å². The van der Waals surface area contributed by atoms with Crippen LogP contribution in [0, 0.1) is 8.99 Å². The van der Waals surface area contributed by atoms with Crippen molar-refractivity contribution in [2.24, 2.45) is 5.41 Å². The second kappa shape index (κ2) is 4.42. The van der Waals surface area contributed by atoms with Gasteiger partial charge >= 0.3 is 0 Å². The number of likely N-dealkylation sites (N-methyl/N-ethyl adjacent to an activating group) is 1. The zero-order valence-electron chi connectivity index (χ0n) is 9.39. The molecule has 0 radical (unpaired) electrons. The van der Waals surface area contributed by atoms with E-state index in [1.807, 2.05) is 0 Å². The molecule has 1 N–H and O–H groups in total. The van der Waals surface area contributed by atoms with Gasteiger partial charge in [-0.15, -0.1) is 0 Å². The van der Waals surface area contributed by atoms with Gasteiger partial charge in [0, 0.05) is 9.61 Å². The molecule has 1 aliphatic carbocycles. The van der Waals surface area contributed by atoms with Crippen LogP contribution in [0.4, 0.5) is 0 Å². The van der Waals surface area contributed by atoms with Crippen LogP contribution < -0.4 is 5.32 Å². The van der Waals surface area contributed by atoms with Crippen molar-refractivity contribution in [2.45, 2.75) is 32.2 Å². The molecule has 1 aliphatic rings. The Kier molecular flexibility index (Phi) is 3.36. The van der Waals surface area contributed by atoms with Crippen molar-refractivity contribution in [3.63, 3.8) is 0 Å². The fourth-order valence-electron chi connectivity index (χ4n) is 2.10.